The molecule has 7 nitrogen and oxygen atoms in total. The van der Waals surface area contributed by atoms with Crippen molar-refractivity contribution in [1.82, 2.24) is 14.8 Å². The number of benzene rings is 2. The number of carbonyl (C=O) groups is 2. The molecule has 36 heavy (non-hydrogen) atoms. The van der Waals surface area contributed by atoms with Crippen LogP contribution in [0.4, 0.5) is 4.39 Å². The molecule has 0 N–H and O–H groups in total. The largest absolute Gasteiger partial charge is 0.379 e. The first-order valence-corrected chi connectivity index (χ1v) is 12.9. The van der Waals surface area contributed by atoms with E-state index < -0.39 is 6.04 Å². The van der Waals surface area contributed by atoms with Crippen LogP contribution in [0.1, 0.15) is 36.4 Å². The molecule has 0 aromatic heterocycles. The summed E-state index contributed by atoms with van der Waals surface area (Å²) in [5, 5.41) is 6.60. The minimum atomic E-state index is -0.401. The summed E-state index contributed by atoms with van der Waals surface area (Å²) < 4.78 is 20.0. The van der Waals surface area contributed by atoms with Crippen LogP contribution < -0.4 is 0 Å². The van der Waals surface area contributed by atoms with Crippen LogP contribution in [0, 0.1) is 11.7 Å². The Morgan fingerprint density at radius 1 is 1.08 bits per heavy atom. The van der Waals surface area contributed by atoms with E-state index in [4.69, 9.17) is 16.3 Å². The summed E-state index contributed by atoms with van der Waals surface area (Å²) in [6, 6.07) is 13.3. The van der Waals surface area contributed by atoms with Gasteiger partial charge in [0.2, 0.25) is 5.91 Å². The van der Waals surface area contributed by atoms with Crippen molar-refractivity contribution in [2.45, 2.75) is 25.3 Å². The average Bonchev–Trinajstić information content (AvgIpc) is 3.66. The lowest BCUT2D eigenvalue weighted by molar-refractivity contribution is -0.142. The van der Waals surface area contributed by atoms with Gasteiger partial charge in [-0.2, -0.15) is 5.10 Å². The van der Waals surface area contributed by atoms with E-state index >= 15 is 0 Å². The van der Waals surface area contributed by atoms with Crippen molar-refractivity contribution in [1.29, 1.82) is 0 Å². The summed E-state index contributed by atoms with van der Waals surface area (Å²) in [4.78, 5) is 30.6. The molecule has 5 rings (SSSR count). The van der Waals surface area contributed by atoms with Crippen LogP contribution >= 0.6 is 11.6 Å². The monoisotopic (exact) mass is 512 g/mol. The minimum Gasteiger partial charge on any atom is -0.379 e. The third-order valence-electron chi connectivity index (χ3n) is 6.96. The zero-order valence-corrected chi connectivity index (χ0v) is 20.9. The molecule has 1 saturated heterocycles. The van der Waals surface area contributed by atoms with Gasteiger partial charge in [0.25, 0.3) is 5.91 Å². The standard InChI is InChI=1S/C27H30ClFN4O3/c28-21-9-7-19(8-10-21)25-17-24(22-3-1-2-4-23(22)29)30-33(25)26(34)18-32(27(35)20-5-6-20)12-11-31-13-15-36-16-14-31/h1-4,7-10,20,25H,5-6,11-18H2/t25-/m1/s1. The van der Waals surface area contributed by atoms with Crippen LogP contribution in [0.5, 0.6) is 0 Å². The summed E-state index contributed by atoms with van der Waals surface area (Å²) in [6.45, 7) is 4.11. The Hall–Kier alpha value is -2.81. The molecular weight excluding hydrogens is 483 g/mol. The molecule has 2 fully saturated rings. The van der Waals surface area contributed by atoms with Gasteiger partial charge in [0.15, 0.2) is 0 Å². The summed E-state index contributed by atoms with van der Waals surface area (Å²) in [5.41, 5.74) is 1.75. The number of hydrazone groups is 1. The van der Waals surface area contributed by atoms with Gasteiger partial charge in [-0.25, -0.2) is 9.40 Å². The second-order valence-electron chi connectivity index (χ2n) is 9.52. The first-order valence-electron chi connectivity index (χ1n) is 12.5. The Morgan fingerprint density at radius 2 is 1.81 bits per heavy atom. The second kappa shape index (κ2) is 11.1. The average molecular weight is 513 g/mol. The van der Waals surface area contributed by atoms with Crippen LogP contribution in [-0.2, 0) is 14.3 Å². The van der Waals surface area contributed by atoms with Crippen LogP contribution in [0.2, 0.25) is 5.02 Å². The van der Waals surface area contributed by atoms with Crippen LogP contribution in [0.25, 0.3) is 0 Å². The third kappa shape index (κ3) is 5.77. The van der Waals surface area contributed by atoms with E-state index in [1.807, 2.05) is 12.1 Å². The highest BCUT2D eigenvalue weighted by atomic mass is 35.5. The third-order valence-corrected chi connectivity index (χ3v) is 7.21. The number of morpholine rings is 1. The SMILES string of the molecule is O=C(C1CC1)N(CCN1CCOCC1)CC(=O)N1N=C(c2ccccc2F)C[C@@H]1c1ccc(Cl)cc1. The normalized spacial score (nSPS) is 20.3. The van der Waals surface area contributed by atoms with E-state index in [1.165, 1.54) is 11.1 Å². The zero-order valence-electron chi connectivity index (χ0n) is 20.1. The molecule has 1 saturated carbocycles. The molecule has 1 aliphatic carbocycles. The lowest BCUT2D eigenvalue weighted by Crippen LogP contribution is -2.47. The van der Waals surface area contributed by atoms with Gasteiger partial charge in [0.05, 0.1) is 25.0 Å². The topological polar surface area (TPSA) is 65.5 Å². The van der Waals surface area contributed by atoms with Gasteiger partial charge in [-0.3, -0.25) is 14.5 Å². The molecule has 190 valence electrons. The number of carbonyl (C=O) groups excluding carboxylic acids is 2. The van der Waals surface area contributed by atoms with E-state index in [1.54, 1.807) is 35.2 Å². The molecule has 9 heteroatoms. The van der Waals surface area contributed by atoms with Crippen molar-refractivity contribution in [3.63, 3.8) is 0 Å². The van der Waals surface area contributed by atoms with Gasteiger partial charge in [0.1, 0.15) is 12.4 Å². The van der Waals surface area contributed by atoms with E-state index in [0.717, 1.165) is 31.5 Å². The summed E-state index contributed by atoms with van der Waals surface area (Å²) in [7, 11) is 0. The quantitative estimate of drug-likeness (QED) is 0.540. The minimum absolute atomic E-state index is 0.00519. The second-order valence-corrected chi connectivity index (χ2v) is 9.96. The Labute approximate surface area is 215 Å². The highest BCUT2D eigenvalue weighted by Gasteiger charge is 2.38. The molecule has 0 radical (unpaired) electrons. The fourth-order valence-corrected chi connectivity index (χ4v) is 4.85. The van der Waals surface area contributed by atoms with Gasteiger partial charge in [0, 0.05) is 49.1 Å². The predicted octanol–water partition coefficient (Wildman–Crippen LogP) is 3.73. The molecule has 2 aliphatic heterocycles. The zero-order chi connectivity index (χ0) is 25.1. The maximum Gasteiger partial charge on any atom is 0.262 e. The fraction of sp³-hybridized carbons (Fsp3) is 0.444. The number of hydrogen-bond donors (Lipinski definition) is 0. The van der Waals surface area contributed by atoms with Crippen molar-refractivity contribution >= 4 is 29.1 Å². The molecule has 2 amide bonds. The molecular formula is C27H30ClFN4O3. The highest BCUT2D eigenvalue weighted by Crippen LogP contribution is 2.35. The van der Waals surface area contributed by atoms with E-state index in [9.17, 15) is 14.0 Å². The number of halogens is 2. The molecule has 0 unspecified atom stereocenters. The van der Waals surface area contributed by atoms with E-state index in [0.29, 0.717) is 49.0 Å². The van der Waals surface area contributed by atoms with Crippen LogP contribution in [0.3, 0.4) is 0 Å². The molecule has 0 bridgehead atoms. The van der Waals surface area contributed by atoms with Gasteiger partial charge < -0.3 is 9.64 Å². The van der Waals surface area contributed by atoms with Crippen molar-refractivity contribution in [3.8, 4) is 0 Å². The maximum atomic E-state index is 14.6. The summed E-state index contributed by atoms with van der Waals surface area (Å²) in [5.74, 6) is -0.628. The van der Waals surface area contributed by atoms with E-state index in [-0.39, 0.29) is 30.1 Å². The van der Waals surface area contributed by atoms with Gasteiger partial charge >= 0.3 is 0 Å². The number of rotatable bonds is 8. The Kier molecular flexibility index (Phi) is 7.65. The van der Waals surface area contributed by atoms with Crippen molar-refractivity contribution < 1.29 is 18.7 Å². The van der Waals surface area contributed by atoms with Gasteiger partial charge in [-0.15, -0.1) is 0 Å². The lowest BCUT2D eigenvalue weighted by atomic mass is 9.98. The molecule has 2 aromatic rings. The number of nitrogens with zero attached hydrogens (tertiary/aromatic N) is 4. The first kappa shape index (κ1) is 24.9. The van der Waals surface area contributed by atoms with Gasteiger partial charge in [-0.1, -0.05) is 41.9 Å². The Morgan fingerprint density at radius 3 is 2.50 bits per heavy atom. The Balaban J connectivity index is 1.37. The lowest BCUT2D eigenvalue weighted by Gasteiger charge is -2.31. The van der Waals surface area contributed by atoms with Crippen molar-refractivity contribution in [3.05, 3.63) is 70.5 Å². The smallest absolute Gasteiger partial charge is 0.262 e. The van der Waals surface area contributed by atoms with Crippen LogP contribution in [0.15, 0.2) is 53.6 Å². The molecule has 2 aromatic carbocycles. The number of hydrogen-bond acceptors (Lipinski definition) is 5. The first-order chi connectivity index (χ1) is 17.5. The molecule has 2 heterocycles. The molecule has 0 spiro atoms. The number of ether oxygens (including phenoxy) is 1. The van der Waals surface area contributed by atoms with Gasteiger partial charge in [-0.05, 0) is 36.6 Å². The number of amides is 2. The van der Waals surface area contributed by atoms with Crippen molar-refractivity contribution in [2.24, 2.45) is 11.0 Å². The van der Waals surface area contributed by atoms with E-state index in [2.05, 4.69) is 10.0 Å². The maximum absolute atomic E-state index is 14.6. The fourth-order valence-electron chi connectivity index (χ4n) is 4.72. The molecule has 1 atom stereocenters. The summed E-state index contributed by atoms with van der Waals surface area (Å²) in [6.07, 6.45) is 2.11. The molecule has 3 aliphatic rings. The predicted molar refractivity (Wildman–Crippen MR) is 135 cm³/mol. The summed E-state index contributed by atoms with van der Waals surface area (Å²) >= 11 is 6.09. The van der Waals surface area contributed by atoms with Crippen molar-refractivity contribution in [2.75, 3.05) is 45.9 Å². The van der Waals surface area contributed by atoms with Crippen LogP contribution in [-0.4, -0.2) is 78.3 Å². The Bertz CT molecular complexity index is 1130. The highest BCUT2D eigenvalue weighted by molar-refractivity contribution is 6.30.